The molecule has 2 rings (SSSR count). The zero-order valence-corrected chi connectivity index (χ0v) is 16.1. The van der Waals surface area contributed by atoms with Gasteiger partial charge in [0.25, 0.3) is 0 Å². The highest BCUT2D eigenvalue weighted by Crippen LogP contribution is 2.09. The number of nitrogens with zero attached hydrogens (tertiary/aromatic N) is 2. The first-order valence-corrected chi connectivity index (χ1v) is 10.4. The van der Waals surface area contributed by atoms with Crippen LogP contribution in [0.5, 0.6) is 0 Å². The second kappa shape index (κ2) is 9.55. The smallest absolute Gasteiger partial charge is 0.240 e. The Morgan fingerprint density at radius 2 is 1.92 bits per heavy atom. The largest absolute Gasteiger partial charge is 0.355 e. The van der Waals surface area contributed by atoms with E-state index >= 15 is 0 Å². The van der Waals surface area contributed by atoms with Crippen molar-refractivity contribution in [3.05, 3.63) is 52.7 Å². The first-order chi connectivity index (χ1) is 12.0. The summed E-state index contributed by atoms with van der Waals surface area (Å²) >= 11 is 1.74. The fraction of sp³-hybridized carbons (Fsp3) is 0.353. The van der Waals surface area contributed by atoms with E-state index in [1.54, 1.807) is 48.7 Å². The Morgan fingerprint density at radius 3 is 2.56 bits per heavy atom. The summed E-state index contributed by atoms with van der Waals surface area (Å²) in [5.74, 6) is 0.746. The average Bonchev–Trinajstić information content (AvgIpc) is 3.14. The van der Waals surface area contributed by atoms with Gasteiger partial charge in [-0.3, -0.25) is 4.99 Å². The van der Waals surface area contributed by atoms with E-state index < -0.39 is 10.0 Å². The molecule has 1 heterocycles. The van der Waals surface area contributed by atoms with Crippen LogP contribution in [-0.2, 0) is 16.4 Å². The molecular weight excluding hydrogens is 356 g/mol. The molecule has 8 heteroatoms. The van der Waals surface area contributed by atoms with Gasteiger partial charge in [0.1, 0.15) is 0 Å². The number of hydrogen-bond acceptors (Lipinski definition) is 4. The minimum Gasteiger partial charge on any atom is -0.355 e. The van der Waals surface area contributed by atoms with Crippen LogP contribution >= 0.6 is 11.3 Å². The number of likely N-dealkylation sites (N-methyl/N-ethyl adjacent to an activating group) is 1. The van der Waals surface area contributed by atoms with E-state index in [0.29, 0.717) is 6.54 Å². The predicted molar refractivity (Wildman–Crippen MR) is 104 cm³/mol. The summed E-state index contributed by atoms with van der Waals surface area (Å²) in [6, 6.07) is 12.5. The molecule has 0 saturated carbocycles. The van der Waals surface area contributed by atoms with Crippen molar-refractivity contribution in [1.29, 1.82) is 0 Å². The first kappa shape index (κ1) is 19.4. The van der Waals surface area contributed by atoms with Crippen molar-refractivity contribution < 1.29 is 8.42 Å². The van der Waals surface area contributed by atoms with Gasteiger partial charge in [0.05, 0.1) is 4.90 Å². The second-order valence-corrected chi connectivity index (χ2v) is 8.23. The predicted octanol–water partition coefficient (Wildman–Crippen LogP) is 1.78. The lowest BCUT2D eigenvalue weighted by molar-refractivity contribution is 0.486. The van der Waals surface area contributed by atoms with E-state index in [1.165, 1.54) is 4.88 Å². The third-order valence-electron chi connectivity index (χ3n) is 3.60. The molecule has 0 radical (unpaired) electrons. The van der Waals surface area contributed by atoms with Crippen molar-refractivity contribution in [3.63, 3.8) is 0 Å². The Labute approximate surface area is 153 Å². The number of rotatable bonds is 8. The molecule has 0 spiro atoms. The molecule has 136 valence electrons. The van der Waals surface area contributed by atoms with Crippen LogP contribution in [0.3, 0.4) is 0 Å². The second-order valence-electron chi connectivity index (χ2n) is 5.44. The molecule has 2 aromatic rings. The van der Waals surface area contributed by atoms with E-state index in [0.717, 1.165) is 18.9 Å². The van der Waals surface area contributed by atoms with Gasteiger partial charge in [-0.15, -0.1) is 11.3 Å². The fourth-order valence-corrected chi connectivity index (χ4v) is 4.02. The van der Waals surface area contributed by atoms with Crippen LogP contribution in [-0.4, -0.2) is 53.0 Å². The van der Waals surface area contributed by atoms with Gasteiger partial charge >= 0.3 is 0 Å². The molecule has 0 aliphatic rings. The summed E-state index contributed by atoms with van der Waals surface area (Å²) in [6.07, 6.45) is 0.954. The third kappa shape index (κ3) is 6.15. The Morgan fingerprint density at radius 1 is 1.16 bits per heavy atom. The van der Waals surface area contributed by atoms with Crippen LogP contribution in [0, 0.1) is 0 Å². The molecule has 1 aromatic heterocycles. The SMILES string of the molecule is CN=C(NCCNS(=O)(=O)c1ccccc1)N(C)CCc1cccs1. The molecule has 0 saturated heterocycles. The molecule has 0 aliphatic heterocycles. The third-order valence-corrected chi connectivity index (χ3v) is 6.01. The summed E-state index contributed by atoms with van der Waals surface area (Å²) in [7, 11) is 0.223. The molecule has 6 nitrogen and oxygen atoms in total. The highest BCUT2D eigenvalue weighted by molar-refractivity contribution is 7.89. The number of thiophene rings is 1. The number of guanidine groups is 1. The number of hydrogen-bond donors (Lipinski definition) is 2. The van der Waals surface area contributed by atoms with Crippen molar-refractivity contribution in [2.45, 2.75) is 11.3 Å². The zero-order valence-electron chi connectivity index (χ0n) is 14.5. The van der Waals surface area contributed by atoms with Crippen LogP contribution in [0.2, 0.25) is 0 Å². The lowest BCUT2D eigenvalue weighted by Crippen LogP contribution is -2.43. The number of sulfonamides is 1. The van der Waals surface area contributed by atoms with Crippen LogP contribution in [0.1, 0.15) is 4.88 Å². The van der Waals surface area contributed by atoms with Crippen LogP contribution in [0.4, 0.5) is 0 Å². The summed E-state index contributed by atoms with van der Waals surface area (Å²) in [5.41, 5.74) is 0. The van der Waals surface area contributed by atoms with Crippen LogP contribution in [0.25, 0.3) is 0 Å². The van der Waals surface area contributed by atoms with Crippen molar-refractivity contribution in [3.8, 4) is 0 Å². The summed E-state index contributed by atoms with van der Waals surface area (Å²) in [4.78, 5) is 7.87. The van der Waals surface area contributed by atoms with Crippen LogP contribution in [0.15, 0.2) is 57.7 Å². The van der Waals surface area contributed by atoms with E-state index in [2.05, 4.69) is 26.5 Å². The number of aliphatic imine (C=N–C) groups is 1. The average molecular weight is 381 g/mol. The van der Waals surface area contributed by atoms with Crippen molar-refractivity contribution in [2.75, 3.05) is 33.7 Å². The number of nitrogens with one attached hydrogen (secondary N) is 2. The molecule has 2 N–H and O–H groups in total. The van der Waals surface area contributed by atoms with Gasteiger partial charge in [-0.1, -0.05) is 24.3 Å². The standard InChI is InChI=1S/C17H24N4O2S2/c1-18-17(21(2)13-10-15-7-6-14-24-15)19-11-12-20-25(22,23)16-8-4-3-5-9-16/h3-9,14,20H,10-13H2,1-2H3,(H,18,19). The minimum absolute atomic E-state index is 0.271. The normalized spacial score (nSPS) is 12.2. The van der Waals surface area contributed by atoms with Gasteiger partial charge in [0.15, 0.2) is 5.96 Å². The van der Waals surface area contributed by atoms with Gasteiger partial charge in [-0.2, -0.15) is 0 Å². The van der Waals surface area contributed by atoms with E-state index in [9.17, 15) is 8.42 Å². The summed E-state index contributed by atoms with van der Waals surface area (Å²) < 4.78 is 26.9. The van der Waals surface area contributed by atoms with E-state index in [-0.39, 0.29) is 11.4 Å². The maximum atomic E-state index is 12.1. The van der Waals surface area contributed by atoms with Gasteiger partial charge in [-0.25, -0.2) is 13.1 Å². The maximum absolute atomic E-state index is 12.1. The highest BCUT2D eigenvalue weighted by atomic mass is 32.2. The van der Waals surface area contributed by atoms with Crippen LogP contribution < -0.4 is 10.0 Å². The Kier molecular flexibility index (Phi) is 7.42. The lowest BCUT2D eigenvalue weighted by Gasteiger charge is -2.21. The quantitative estimate of drug-likeness (QED) is 0.416. The molecule has 0 atom stereocenters. The molecule has 0 bridgehead atoms. The molecule has 0 aliphatic carbocycles. The van der Waals surface area contributed by atoms with Crippen molar-refractivity contribution in [2.24, 2.45) is 4.99 Å². The highest BCUT2D eigenvalue weighted by Gasteiger charge is 2.12. The van der Waals surface area contributed by atoms with Gasteiger partial charge < -0.3 is 10.2 Å². The Hall–Kier alpha value is -1.90. The van der Waals surface area contributed by atoms with Gasteiger partial charge in [0.2, 0.25) is 10.0 Å². The van der Waals surface area contributed by atoms with Crippen molar-refractivity contribution >= 4 is 27.3 Å². The Bertz CT molecular complexity index is 759. The van der Waals surface area contributed by atoms with E-state index in [1.807, 2.05) is 18.0 Å². The monoisotopic (exact) mass is 380 g/mol. The van der Waals surface area contributed by atoms with Crippen molar-refractivity contribution in [1.82, 2.24) is 14.9 Å². The molecule has 0 amide bonds. The minimum atomic E-state index is -3.47. The lowest BCUT2D eigenvalue weighted by atomic mass is 10.3. The van der Waals surface area contributed by atoms with Gasteiger partial charge in [0, 0.05) is 38.6 Å². The molecule has 0 fully saturated rings. The van der Waals surface area contributed by atoms with E-state index in [4.69, 9.17) is 0 Å². The fourth-order valence-electron chi connectivity index (χ4n) is 2.27. The number of benzene rings is 1. The first-order valence-electron chi connectivity index (χ1n) is 8.02. The maximum Gasteiger partial charge on any atom is 0.240 e. The Balaban J connectivity index is 1.75. The topological polar surface area (TPSA) is 73.8 Å². The molecule has 0 unspecified atom stereocenters. The van der Waals surface area contributed by atoms with Gasteiger partial charge in [-0.05, 0) is 30.0 Å². The summed E-state index contributed by atoms with van der Waals surface area (Å²) in [5, 5.41) is 5.25. The molecule has 1 aromatic carbocycles. The zero-order chi connectivity index (χ0) is 18.1. The molecular formula is C17H24N4O2S2. The summed E-state index contributed by atoms with van der Waals surface area (Å²) in [6.45, 7) is 1.59. The molecule has 25 heavy (non-hydrogen) atoms.